The SMILES string of the molecule is C#CCCOCCCNC. The Bertz CT molecular complexity index is 95.9. The lowest BCUT2D eigenvalue weighted by Crippen LogP contribution is -2.10. The van der Waals surface area contributed by atoms with Crippen LogP contribution in [0.3, 0.4) is 0 Å². The van der Waals surface area contributed by atoms with Crippen molar-refractivity contribution >= 4 is 0 Å². The fraction of sp³-hybridized carbons (Fsp3) is 0.750. The summed E-state index contributed by atoms with van der Waals surface area (Å²) in [7, 11) is 1.93. The molecule has 0 rings (SSSR count). The number of nitrogens with one attached hydrogen (secondary N) is 1. The van der Waals surface area contributed by atoms with Crippen LogP contribution in [0.1, 0.15) is 12.8 Å². The van der Waals surface area contributed by atoms with Gasteiger partial charge in [0.15, 0.2) is 0 Å². The summed E-state index contributed by atoms with van der Waals surface area (Å²) in [5, 5.41) is 3.04. The summed E-state index contributed by atoms with van der Waals surface area (Å²) < 4.78 is 5.19. The van der Waals surface area contributed by atoms with Crippen molar-refractivity contribution < 1.29 is 4.74 Å². The first-order valence-corrected chi connectivity index (χ1v) is 3.57. The van der Waals surface area contributed by atoms with Crippen LogP contribution in [0.2, 0.25) is 0 Å². The van der Waals surface area contributed by atoms with E-state index < -0.39 is 0 Å². The summed E-state index contributed by atoms with van der Waals surface area (Å²) in [6.07, 6.45) is 6.81. The topological polar surface area (TPSA) is 21.3 Å². The molecule has 0 saturated carbocycles. The Labute approximate surface area is 63.0 Å². The van der Waals surface area contributed by atoms with Gasteiger partial charge in [-0.1, -0.05) is 0 Å². The van der Waals surface area contributed by atoms with Crippen molar-refractivity contribution in [2.24, 2.45) is 0 Å². The predicted molar refractivity (Wildman–Crippen MR) is 42.8 cm³/mol. The van der Waals surface area contributed by atoms with Crippen LogP contribution in [-0.2, 0) is 4.74 Å². The van der Waals surface area contributed by atoms with Gasteiger partial charge < -0.3 is 10.1 Å². The van der Waals surface area contributed by atoms with Crippen LogP contribution in [0.15, 0.2) is 0 Å². The van der Waals surface area contributed by atoms with E-state index in [4.69, 9.17) is 11.2 Å². The van der Waals surface area contributed by atoms with E-state index in [1.54, 1.807) is 0 Å². The Morgan fingerprint density at radius 3 is 2.90 bits per heavy atom. The van der Waals surface area contributed by atoms with E-state index in [1.807, 2.05) is 7.05 Å². The number of terminal acetylenes is 1. The van der Waals surface area contributed by atoms with Gasteiger partial charge >= 0.3 is 0 Å². The maximum atomic E-state index is 5.19. The fourth-order valence-electron chi connectivity index (χ4n) is 0.584. The van der Waals surface area contributed by atoms with Crippen molar-refractivity contribution in [2.75, 3.05) is 26.8 Å². The highest BCUT2D eigenvalue weighted by atomic mass is 16.5. The summed E-state index contributed by atoms with van der Waals surface area (Å²) in [5.74, 6) is 2.52. The van der Waals surface area contributed by atoms with Crippen molar-refractivity contribution in [3.8, 4) is 12.3 Å². The Balaban J connectivity index is 2.72. The van der Waals surface area contributed by atoms with Crippen molar-refractivity contribution in [1.29, 1.82) is 0 Å². The molecule has 2 nitrogen and oxygen atoms in total. The van der Waals surface area contributed by atoms with E-state index in [1.165, 1.54) is 0 Å². The molecule has 0 bridgehead atoms. The summed E-state index contributed by atoms with van der Waals surface area (Å²) in [6.45, 7) is 2.51. The first-order chi connectivity index (χ1) is 4.91. The van der Waals surface area contributed by atoms with Crippen molar-refractivity contribution in [1.82, 2.24) is 5.32 Å². The van der Waals surface area contributed by atoms with E-state index >= 15 is 0 Å². The molecule has 0 heterocycles. The zero-order valence-electron chi connectivity index (χ0n) is 6.52. The van der Waals surface area contributed by atoms with Crippen molar-refractivity contribution in [3.05, 3.63) is 0 Å². The van der Waals surface area contributed by atoms with Gasteiger partial charge in [-0.3, -0.25) is 0 Å². The molecule has 0 atom stereocenters. The predicted octanol–water partition coefficient (Wildman–Crippen LogP) is 0.636. The summed E-state index contributed by atoms with van der Waals surface area (Å²) >= 11 is 0. The molecule has 2 heteroatoms. The number of hydrogen-bond acceptors (Lipinski definition) is 2. The molecule has 0 unspecified atom stereocenters. The summed E-state index contributed by atoms with van der Waals surface area (Å²) in [6, 6.07) is 0. The van der Waals surface area contributed by atoms with Gasteiger partial charge in [-0.2, -0.15) is 0 Å². The van der Waals surface area contributed by atoms with Gasteiger partial charge in [0.1, 0.15) is 0 Å². The van der Waals surface area contributed by atoms with Crippen LogP contribution in [0.4, 0.5) is 0 Å². The summed E-state index contributed by atoms with van der Waals surface area (Å²) in [4.78, 5) is 0. The third-order valence-corrected chi connectivity index (χ3v) is 1.11. The van der Waals surface area contributed by atoms with Gasteiger partial charge in [-0.25, -0.2) is 0 Å². The second kappa shape index (κ2) is 8.48. The average molecular weight is 141 g/mol. The lowest BCUT2D eigenvalue weighted by atomic mass is 10.4. The normalized spacial score (nSPS) is 9.20. The van der Waals surface area contributed by atoms with Crippen LogP contribution in [-0.4, -0.2) is 26.8 Å². The largest absolute Gasteiger partial charge is 0.380 e. The standard InChI is InChI=1S/C8H15NO/c1-3-4-7-10-8-5-6-9-2/h1,9H,4-8H2,2H3. The highest BCUT2D eigenvalue weighted by molar-refractivity contribution is 4.82. The zero-order chi connectivity index (χ0) is 7.66. The molecule has 0 fully saturated rings. The lowest BCUT2D eigenvalue weighted by molar-refractivity contribution is 0.137. The van der Waals surface area contributed by atoms with Gasteiger partial charge in [0.25, 0.3) is 0 Å². The van der Waals surface area contributed by atoms with Gasteiger partial charge in [0.05, 0.1) is 6.61 Å². The van der Waals surface area contributed by atoms with Crippen molar-refractivity contribution in [2.45, 2.75) is 12.8 Å². The Morgan fingerprint density at radius 2 is 2.30 bits per heavy atom. The molecular formula is C8H15NO. The lowest BCUT2D eigenvalue weighted by Gasteiger charge is -1.99. The molecule has 0 spiro atoms. The van der Waals surface area contributed by atoms with Crippen LogP contribution in [0.25, 0.3) is 0 Å². The maximum absolute atomic E-state index is 5.19. The first-order valence-electron chi connectivity index (χ1n) is 3.57. The molecule has 0 radical (unpaired) electrons. The maximum Gasteiger partial charge on any atom is 0.0575 e. The molecule has 0 aromatic carbocycles. The minimum Gasteiger partial charge on any atom is -0.380 e. The third-order valence-electron chi connectivity index (χ3n) is 1.11. The third kappa shape index (κ3) is 7.48. The molecule has 0 aliphatic carbocycles. The van der Waals surface area contributed by atoms with E-state index in [2.05, 4.69) is 11.2 Å². The molecule has 58 valence electrons. The average Bonchev–Trinajstić information content (AvgIpc) is 1.97. The van der Waals surface area contributed by atoms with E-state index in [-0.39, 0.29) is 0 Å². The molecular weight excluding hydrogens is 126 g/mol. The molecule has 0 aliphatic rings. The fourth-order valence-corrected chi connectivity index (χ4v) is 0.584. The van der Waals surface area contributed by atoms with Gasteiger partial charge in [-0.15, -0.1) is 12.3 Å². The summed E-state index contributed by atoms with van der Waals surface area (Å²) in [5.41, 5.74) is 0. The monoisotopic (exact) mass is 141 g/mol. The highest BCUT2D eigenvalue weighted by Crippen LogP contribution is 1.82. The second-order valence-corrected chi connectivity index (χ2v) is 2.02. The van der Waals surface area contributed by atoms with E-state index in [0.717, 1.165) is 26.0 Å². The minimum atomic E-state index is 0.695. The molecule has 0 amide bonds. The number of rotatable bonds is 6. The minimum absolute atomic E-state index is 0.695. The van der Waals surface area contributed by atoms with Gasteiger partial charge in [0.2, 0.25) is 0 Å². The van der Waals surface area contributed by atoms with Gasteiger partial charge in [-0.05, 0) is 20.0 Å². The number of ether oxygens (including phenoxy) is 1. The first kappa shape index (κ1) is 9.48. The molecule has 0 aromatic heterocycles. The second-order valence-electron chi connectivity index (χ2n) is 2.02. The quantitative estimate of drug-likeness (QED) is 0.433. The molecule has 0 aliphatic heterocycles. The van der Waals surface area contributed by atoms with Crippen LogP contribution >= 0.6 is 0 Å². The van der Waals surface area contributed by atoms with E-state index in [0.29, 0.717) is 6.61 Å². The Morgan fingerprint density at radius 1 is 1.50 bits per heavy atom. The highest BCUT2D eigenvalue weighted by Gasteiger charge is 1.85. The van der Waals surface area contributed by atoms with E-state index in [9.17, 15) is 0 Å². The number of hydrogen-bond donors (Lipinski definition) is 1. The zero-order valence-corrected chi connectivity index (χ0v) is 6.52. The molecule has 0 saturated heterocycles. The van der Waals surface area contributed by atoms with Gasteiger partial charge in [0, 0.05) is 13.0 Å². The smallest absolute Gasteiger partial charge is 0.0575 e. The Hall–Kier alpha value is -0.520. The van der Waals surface area contributed by atoms with Crippen LogP contribution in [0, 0.1) is 12.3 Å². The molecule has 10 heavy (non-hydrogen) atoms. The van der Waals surface area contributed by atoms with Crippen molar-refractivity contribution in [3.63, 3.8) is 0 Å². The van der Waals surface area contributed by atoms with Crippen LogP contribution < -0.4 is 5.32 Å². The molecule has 1 N–H and O–H groups in total. The molecule has 0 aromatic rings. The Kier molecular flexibility index (Phi) is 8.04. The van der Waals surface area contributed by atoms with Crippen LogP contribution in [0.5, 0.6) is 0 Å².